The second kappa shape index (κ2) is 8.31. The second-order valence-corrected chi connectivity index (χ2v) is 6.67. The molecule has 0 amide bonds. The summed E-state index contributed by atoms with van der Waals surface area (Å²) in [6.45, 7) is 5.78. The number of hydrogen-bond acceptors (Lipinski definition) is 5. The molecule has 0 saturated carbocycles. The van der Waals surface area contributed by atoms with Crippen molar-refractivity contribution in [1.82, 2.24) is 0 Å². The first kappa shape index (κ1) is 19.7. The lowest BCUT2D eigenvalue weighted by molar-refractivity contribution is -0.139. The summed E-state index contributed by atoms with van der Waals surface area (Å²) in [5.41, 5.74) is 2.64. The number of halogens is 1. The van der Waals surface area contributed by atoms with Crippen LogP contribution >= 0.6 is 11.6 Å². The van der Waals surface area contributed by atoms with Gasteiger partial charge in [-0.15, -0.1) is 0 Å². The number of carbonyl (C=O) groups is 1. The summed E-state index contributed by atoms with van der Waals surface area (Å²) in [6, 6.07) is 11.0. The molecule has 0 aliphatic carbocycles. The summed E-state index contributed by atoms with van der Waals surface area (Å²) in [5.74, 6) is -0.103. The highest BCUT2D eigenvalue weighted by atomic mass is 35.5. The maximum atomic E-state index is 12.3. The molecule has 0 fully saturated rings. The molecule has 0 bridgehead atoms. The highest BCUT2D eigenvalue weighted by Gasteiger charge is 2.17. The zero-order chi connectivity index (χ0) is 20.3. The molecule has 0 atom stereocenters. The van der Waals surface area contributed by atoms with Gasteiger partial charge in [0.2, 0.25) is 0 Å². The van der Waals surface area contributed by atoms with Crippen molar-refractivity contribution >= 4 is 34.6 Å². The van der Waals surface area contributed by atoms with Gasteiger partial charge in [0.25, 0.3) is 0 Å². The number of esters is 1. The maximum Gasteiger partial charge on any atom is 0.340 e. The average Bonchev–Trinajstić information content (AvgIpc) is 2.70. The molecule has 0 spiro atoms. The fraction of sp³-hybridized carbons (Fsp3) is 0.182. The molecule has 0 unspecified atom stereocenters. The molecule has 0 radical (unpaired) electrons. The molecule has 3 rings (SSSR count). The summed E-state index contributed by atoms with van der Waals surface area (Å²) < 4.78 is 15.8. The third-order valence-corrected chi connectivity index (χ3v) is 4.79. The van der Waals surface area contributed by atoms with Crippen molar-refractivity contribution in [2.45, 2.75) is 20.0 Å². The Morgan fingerprint density at radius 3 is 2.61 bits per heavy atom. The van der Waals surface area contributed by atoms with Crippen molar-refractivity contribution in [3.63, 3.8) is 0 Å². The van der Waals surface area contributed by atoms with E-state index < -0.39 is 11.6 Å². The van der Waals surface area contributed by atoms with E-state index in [1.165, 1.54) is 7.11 Å². The molecule has 1 aromatic heterocycles. The second-order valence-electron chi connectivity index (χ2n) is 6.26. The molecule has 0 N–H and O–H groups in total. The zero-order valence-corrected chi connectivity index (χ0v) is 16.3. The van der Waals surface area contributed by atoms with Crippen LogP contribution in [-0.2, 0) is 22.6 Å². The Kier molecular flexibility index (Phi) is 5.85. The summed E-state index contributed by atoms with van der Waals surface area (Å²) in [4.78, 5) is 23.8. The minimum Gasteiger partial charge on any atom is -0.487 e. The van der Waals surface area contributed by atoms with E-state index in [2.05, 4.69) is 11.3 Å². The van der Waals surface area contributed by atoms with E-state index >= 15 is 0 Å². The predicted octanol–water partition coefficient (Wildman–Crippen LogP) is 4.69. The van der Waals surface area contributed by atoms with Crippen LogP contribution in [0.5, 0.6) is 5.75 Å². The Balaban J connectivity index is 1.91. The number of fused-ring (bicyclic) bond motifs is 1. The van der Waals surface area contributed by atoms with Crippen LogP contribution in [0.2, 0.25) is 5.02 Å². The van der Waals surface area contributed by atoms with Crippen LogP contribution in [0.3, 0.4) is 0 Å². The summed E-state index contributed by atoms with van der Waals surface area (Å²) >= 11 is 6.36. The van der Waals surface area contributed by atoms with E-state index in [0.717, 1.165) is 11.1 Å². The van der Waals surface area contributed by atoms with Crippen molar-refractivity contribution < 1.29 is 18.7 Å². The van der Waals surface area contributed by atoms with Gasteiger partial charge in [-0.25, -0.2) is 4.79 Å². The molecule has 28 heavy (non-hydrogen) atoms. The molecule has 3 aromatic rings. The first-order valence-electron chi connectivity index (χ1n) is 8.59. The van der Waals surface area contributed by atoms with Crippen LogP contribution in [0.15, 0.2) is 52.2 Å². The molecule has 0 saturated heterocycles. The number of rotatable bonds is 6. The van der Waals surface area contributed by atoms with Gasteiger partial charge in [-0.05, 0) is 29.7 Å². The molecular formula is C22H19ClO5. The molecule has 2 aromatic carbocycles. The van der Waals surface area contributed by atoms with Crippen molar-refractivity contribution in [1.29, 1.82) is 0 Å². The fourth-order valence-corrected chi connectivity index (χ4v) is 3.05. The van der Waals surface area contributed by atoms with Gasteiger partial charge >= 0.3 is 11.6 Å². The maximum absolute atomic E-state index is 12.3. The van der Waals surface area contributed by atoms with Crippen molar-refractivity contribution in [3.8, 4) is 5.75 Å². The van der Waals surface area contributed by atoms with E-state index in [1.807, 2.05) is 24.3 Å². The first-order valence-corrected chi connectivity index (χ1v) is 8.97. The van der Waals surface area contributed by atoms with Crippen molar-refractivity contribution in [2.24, 2.45) is 0 Å². The molecule has 1 heterocycles. The van der Waals surface area contributed by atoms with Gasteiger partial charge < -0.3 is 13.9 Å². The Bertz CT molecular complexity index is 1100. The van der Waals surface area contributed by atoms with E-state index in [0.29, 0.717) is 33.9 Å². The van der Waals surface area contributed by atoms with Gasteiger partial charge in [-0.2, -0.15) is 0 Å². The predicted molar refractivity (Wildman–Crippen MR) is 109 cm³/mol. The summed E-state index contributed by atoms with van der Waals surface area (Å²) in [5, 5.41) is 1.03. The molecule has 0 aliphatic heterocycles. The third kappa shape index (κ3) is 4.10. The smallest absolute Gasteiger partial charge is 0.340 e. The standard InChI is InChI=1S/C22H19ClO5/c1-4-14-5-7-15(8-6-14)12-27-20-11-19-16(9-18(20)23)13(2)17(22(25)28-19)10-21(24)26-3/h4-9,11H,1,10,12H2,2-3H3. The largest absolute Gasteiger partial charge is 0.487 e. The third-order valence-electron chi connectivity index (χ3n) is 4.50. The number of ether oxygens (including phenoxy) is 2. The van der Waals surface area contributed by atoms with Gasteiger partial charge in [0, 0.05) is 11.5 Å². The average molecular weight is 399 g/mol. The van der Waals surface area contributed by atoms with Crippen molar-refractivity contribution in [3.05, 3.63) is 80.7 Å². The Hall–Kier alpha value is -3.05. The highest BCUT2D eigenvalue weighted by Crippen LogP contribution is 2.32. The Morgan fingerprint density at radius 1 is 1.25 bits per heavy atom. The molecule has 144 valence electrons. The van der Waals surface area contributed by atoms with Crippen LogP contribution < -0.4 is 10.4 Å². The molecule has 5 nitrogen and oxygen atoms in total. The minimum absolute atomic E-state index is 0.156. The van der Waals surface area contributed by atoms with Gasteiger partial charge in [0.15, 0.2) is 0 Å². The monoisotopic (exact) mass is 398 g/mol. The zero-order valence-electron chi connectivity index (χ0n) is 15.6. The lowest BCUT2D eigenvalue weighted by Gasteiger charge is -2.12. The lowest BCUT2D eigenvalue weighted by Crippen LogP contribution is -2.16. The van der Waals surface area contributed by atoms with Gasteiger partial charge in [0.1, 0.15) is 17.9 Å². The quantitative estimate of drug-likeness (QED) is 0.445. The Morgan fingerprint density at radius 2 is 1.96 bits per heavy atom. The van der Waals surface area contributed by atoms with E-state index in [9.17, 15) is 9.59 Å². The first-order chi connectivity index (χ1) is 13.4. The summed E-state index contributed by atoms with van der Waals surface area (Å²) in [7, 11) is 1.27. The van der Waals surface area contributed by atoms with Gasteiger partial charge in [-0.1, -0.05) is 48.5 Å². The van der Waals surface area contributed by atoms with Crippen LogP contribution in [0.4, 0.5) is 0 Å². The fourth-order valence-electron chi connectivity index (χ4n) is 2.83. The van der Waals surface area contributed by atoms with Crippen LogP contribution in [0.25, 0.3) is 17.0 Å². The van der Waals surface area contributed by atoms with Crippen LogP contribution in [0.1, 0.15) is 22.3 Å². The number of hydrogen-bond donors (Lipinski definition) is 0. The van der Waals surface area contributed by atoms with E-state index in [4.69, 9.17) is 20.8 Å². The van der Waals surface area contributed by atoms with Crippen LogP contribution in [-0.4, -0.2) is 13.1 Å². The Labute approximate surface area is 167 Å². The number of aryl methyl sites for hydroxylation is 1. The SMILES string of the molecule is C=Cc1ccc(COc2cc3oc(=O)c(CC(=O)OC)c(C)c3cc2Cl)cc1. The highest BCUT2D eigenvalue weighted by molar-refractivity contribution is 6.32. The van der Waals surface area contributed by atoms with Gasteiger partial charge in [-0.3, -0.25) is 4.79 Å². The number of methoxy groups -OCH3 is 1. The van der Waals surface area contributed by atoms with Crippen LogP contribution in [0, 0.1) is 6.92 Å². The number of carbonyl (C=O) groups excluding carboxylic acids is 1. The minimum atomic E-state index is -0.580. The molecule has 6 heteroatoms. The molecular weight excluding hydrogens is 380 g/mol. The van der Waals surface area contributed by atoms with Crippen molar-refractivity contribution in [2.75, 3.05) is 7.11 Å². The van der Waals surface area contributed by atoms with E-state index in [1.54, 1.807) is 25.1 Å². The lowest BCUT2D eigenvalue weighted by atomic mass is 10.0. The number of benzene rings is 2. The topological polar surface area (TPSA) is 65.7 Å². The molecule has 0 aliphatic rings. The summed E-state index contributed by atoms with van der Waals surface area (Å²) in [6.07, 6.45) is 1.61. The van der Waals surface area contributed by atoms with E-state index in [-0.39, 0.29) is 12.0 Å². The normalized spacial score (nSPS) is 10.7. The van der Waals surface area contributed by atoms with Gasteiger partial charge in [0.05, 0.1) is 24.1 Å².